The number of nitrogens with zero attached hydrogens (tertiary/aromatic N) is 2. The number of hydrogen-bond acceptors (Lipinski definition) is 4. The van der Waals surface area contributed by atoms with Gasteiger partial charge in [-0.05, 0) is 62.7 Å². The smallest absolute Gasteiger partial charge is 0.0798 e. The minimum absolute atomic E-state index is 0.455. The lowest BCUT2D eigenvalue weighted by molar-refractivity contribution is -0.0430. The highest BCUT2D eigenvalue weighted by molar-refractivity contribution is 7.98. The molecule has 3 rings (SSSR count). The number of hydrogen-bond donors (Lipinski definition) is 1. The van der Waals surface area contributed by atoms with Gasteiger partial charge in [0.25, 0.3) is 0 Å². The summed E-state index contributed by atoms with van der Waals surface area (Å²) < 4.78 is 0. The van der Waals surface area contributed by atoms with Gasteiger partial charge >= 0.3 is 0 Å². The first-order chi connectivity index (χ1) is 10.7. The van der Waals surface area contributed by atoms with E-state index in [1.807, 2.05) is 0 Å². The lowest BCUT2D eigenvalue weighted by atomic mass is 9.90. The molecule has 3 nitrogen and oxygen atoms in total. The number of benzene rings is 1. The molecule has 2 heterocycles. The summed E-state index contributed by atoms with van der Waals surface area (Å²) in [6.07, 6.45) is 6.53. The van der Waals surface area contributed by atoms with Crippen molar-refractivity contribution in [1.82, 2.24) is 9.80 Å². The van der Waals surface area contributed by atoms with Crippen LogP contribution in [0.4, 0.5) is 0 Å². The van der Waals surface area contributed by atoms with Crippen LogP contribution in [-0.2, 0) is 6.54 Å². The van der Waals surface area contributed by atoms with Gasteiger partial charge in [-0.3, -0.25) is 4.90 Å². The Morgan fingerprint density at radius 2 is 1.64 bits per heavy atom. The molecule has 0 saturated carbocycles. The van der Waals surface area contributed by atoms with E-state index in [1.54, 1.807) is 11.8 Å². The van der Waals surface area contributed by atoms with Crippen LogP contribution in [0.3, 0.4) is 0 Å². The molecular weight excluding hydrogens is 292 g/mol. The van der Waals surface area contributed by atoms with E-state index in [4.69, 9.17) is 0 Å². The largest absolute Gasteiger partial charge is 0.388 e. The number of rotatable bonds is 5. The first-order valence-electron chi connectivity index (χ1n) is 8.47. The predicted molar refractivity (Wildman–Crippen MR) is 93.4 cm³/mol. The highest BCUT2D eigenvalue weighted by Crippen LogP contribution is 2.26. The molecule has 2 saturated heterocycles. The molecule has 1 aromatic rings. The fraction of sp³-hybridized carbons (Fsp3) is 0.667. The molecule has 122 valence electrons. The number of piperidine rings is 1. The zero-order valence-electron chi connectivity index (χ0n) is 13.6. The van der Waals surface area contributed by atoms with Gasteiger partial charge in [-0.25, -0.2) is 0 Å². The Labute approximate surface area is 138 Å². The fourth-order valence-corrected chi connectivity index (χ4v) is 4.04. The maximum absolute atomic E-state index is 10.8. The van der Waals surface area contributed by atoms with Crippen LogP contribution in [0.2, 0.25) is 0 Å². The molecule has 4 heteroatoms. The van der Waals surface area contributed by atoms with Crippen LogP contribution in [0.1, 0.15) is 31.2 Å². The Bertz CT molecular complexity index is 462. The van der Waals surface area contributed by atoms with Gasteiger partial charge in [0.2, 0.25) is 0 Å². The number of thioether (sulfide) groups is 1. The molecule has 1 aromatic carbocycles. The van der Waals surface area contributed by atoms with Gasteiger partial charge in [0.1, 0.15) is 0 Å². The van der Waals surface area contributed by atoms with Crippen molar-refractivity contribution < 1.29 is 5.11 Å². The quantitative estimate of drug-likeness (QED) is 0.844. The van der Waals surface area contributed by atoms with Crippen molar-refractivity contribution in [2.75, 3.05) is 39.0 Å². The van der Waals surface area contributed by atoms with Crippen LogP contribution >= 0.6 is 11.8 Å². The Hall–Kier alpha value is -0.550. The van der Waals surface area contributed by atoms with Crippen LogP contribution in [0.25, 0.3) is 0 Å². The zero-order chi connectivity index (χ0) is 15.4. The third-order valence-electron chi connectivity index (χ3n) is 5.07. The predicted octanol–water partition coefficient (Wildman–Crippen LogP) is 2.83. The van der Waals surface area contributed by atoms with Gasteiger partial charge < -0.3 is 10.0 Å². The average Bonchev–Trinajstić information content (AvgIpc) is 3.03. The van der Waals surface area contributed by atoms with Crippen LogP contribution in [0, 0.1) is 0 Å². The molecule has 0 atom stereocenters. The average molecular weight is 321 g/mol. The monoisotopic (exact) mass is 320 g/mol. The first-order valence-corrected chi connectivity index (χ1v) is 9.69. The van der Waals surface area contributed by atoms with Gasteiger partial charge in [-0.15, -0.1) is 11.8 Å². The molecule has 22 heavy (non-hydrogen) atoms. The Kier molecular flexibility index (Phi) is 5.45. The Morgan fingerprint density at radius 3 is 2.23 bits per heavy atom. The highest BCUT2D eigenvalue weighted by atomic mass is 32.2. The van der Waals surface area contributed by atoms with Crippen LogP contribution < -0.4 is 0 Å². The van der Waals surface area contributed by atoms with E-state index in [1.165, 1.54) is 36.4 Å². The molecule has 0 unspecified atom stereocenters. The van der Waals surface area contributed by atoms with Gasteiger partial charge in [0.15, 0.2) is 0 Å². The van der Waals surface area contributed by atoms with Crippen molar-refractivity contribution in [2.45, 2.75) is 42.7 Å². The van der Waals surface area contributed by atoms with E-state index in [-0.39, 0.29) is 0 Å². The van der Waals surface area contributed by atoms with Crippen LogP contribution in [0.15, 0.2) is 29.2 Å². The van der Waals surface area contributed by atoms with Crippen LogP contribution in [-0.4, -0.2) is 59.5 Å². The van der Waals surface area contributed by atoms with Gasteiger partial charge in [0.05, 0.1) is 5.60 Å². The molecule has 0 spiro atoms. The van der Waals surface area contributed by atoms with E-state index in [9.17, 15) is 5.11 Å². The van der Waals surface area contributed by atoms with Gasteiger partial charge in [-0.1, -0.05) is 12.1 Å². The molecule has 1 N–H and O–H groups in total. The molecule has 2 aliphatic heterocycles. The zero-order valence-corrected chi connectivity index (χ0v) is 14.4. The molecule has 0 aliphatic carbocycles. The minimum Gasteiger partial charge on any atom is -0.388 e. The van der Waals surface area contributed by atoms with Crippen LogP contribution in [0.5, 0.6) is 0 Å². The Balaban J connectivity index is 1.48. The van der Waals surface area contributed by atoms with Crippen molar-refractivity contribution in [3.8, 4) is 0 Å². The van der Waals surface area contributed by atoms with Gasteiger partial charge in [-0.2, -0.15) is 0 Å². The topological polar surface area (TPSA) is 26.7 Å². The molecule has 0 aromatic heterocycles. The Morgan fingerprint density at radius 1 is 1.00 bits per heavy atom. The third-order valence-corrected chi connectivity index (χ3v) is 5.81. The SMILES string of the molecule is CSc1ccc(CN2CCC(O)(CN3CCCC3)CC2)cc1. The summed E-state index contributed by atoms with van der Waals surface area (Å²) in [7, 11) is 0. The standard InChI is InChI=1S/C18H28N2OS/c1-22-17-6-4-16(5-7-17)14-19-12-8-18(21,9-13-19)15-20-10-2-3-11-20/h4-7,21H,2-3,8-15H2,1H3. The van der Waals surface area contributed by atoms with Crippen molar-refractivity contribution >= 4 is 11.8 Å². The minimum atomic E-state index is -0.455. The molecule has 0 amide bonds. The third kappa shape index (κ3) is 4.25. The first kappa shape index (κ1) is 16.3. The summed E-state index contributed by atoms with van der Waals surface area (Å²) in [6.45, 7) is 6.25. The number of likely N-dealkylation sites (tertiary alicyclic amines) is 2. The van der Waals surface area contributed by atoms with Crippen molar-refractivity contribution in [3.63, 3.8) is 0 Å². The molecule has 2 fully saturated rings. The maximum Gasteiger partial charge on any atom is 0.0798 e. The van der Waals surface area contributed by atoms with Crippen molar-refractivity contribution in [3.05, 3.63) is 29.8 Å². The molecule has 2 aliphatic rings. The highest BCUT2D eigenvalue weighted by Gasteiger charge is 2.34. The summed E-state index contributed by atoms with van der Waals surface area (Å²) in [5.74, 6) is 0. The van der Waals surface area contributed by atoms with E-state index in [2.05, 4.69) is 40.3 Å². The second kappa shape index (κ2) is 7.35. The summed E-state index contributed by atoms with van der Waals surface area (Å²) in [5, 5.41) is 10.8. The second-order valence-electron chi connectivity index (χ2n) is 6.83. The maximum atomic E-state index is 10.8. The lowest BCUT2D eigenvalue weighted by Gasteiger charge is -2.40. The summed E-state index contributed by atoms with van der Waals surface area (Å²) in [4.78, 5) is 6.24. The van der Waals surface area contributed by atoms with Crippen molar-refractivity contribution in [1.29, 1.82) is 0 Å². The normalized spacial score (nSPS) is 23.0. The number of β-amino-alcohol motifs (C(OH)–C–C–N with tert-alkyl or cyclic N) is 1. The van der Waals surface area contributed by atoms with E-state index in [0.29, 0.717) is 0 Å². The van der Waals surface area contributed by atoms with E-state index < -0.39 is 5.60 Å². The second-order valence-corrected chi connectivity index (χ2v) is 7.71. The van der Waals surface area contributed by atoms with Gasteiger partial charge in [0, 0.05) is 31.1 Å². The van der Waals surface area contributed by atoms with E-state index in [0.717, 1.165) is 39.0 Å². The van der Waals surface area contributed by atoms with E-state index >= 15 is 0 Å². The molecule has 0 radical (unpaired) electrons. The molecule has 0 bridgehead atoms. The lowest BCUT2D eigenvalue weighted by Crippen LogP contribution is -2.50. The summed E-state index contributed by atoms with van der Waals surface area (Å²) in [6, 6.07) is 8.87. The summed E-state index contributed by atoms with van der Waals surface area (Å²) >= 11 is 1.79. The summed E-state index contributed by atoms with van der Waals surface area (Å²) in [5.41, 5.74) is 0.923. The molecular formula is C18H28N2OS. The van der Waals surface area contributed by atoms with Crippen molar-refractivity contribution in [2.24, 2.45) is 0 Å². The fourth-order valence-electron chi connectivity index (χ4n) is 3.63. The number of aliphatic hydroxyl groups is 1.